The lowest BCUT2D eigenvalue weighted by Crippen LogP contribution is -2.16. The molecule has 1 atom stereocenters. The van der Waals surface area contributed by atoms with Crippen molar-refractivity contribution in [1.82, 2.24) is 9.55 Å². The summed E-state index contributed by atoms with van der Waals surface area (Å²) in [4.78, 5) is 4.63. The molecule has 2 aromatic carbocycles. The quantitative estimate of drug-likeness (QED) is 0.650. The van der Waals surface area contributed by atoms with Gasteiger partial charge in [0, 0.05) is 24.9 Å². The molecule has 26 heavy (non-hydrogen) atoms. The standard InChI is InChI=1S/C21H20F2N2O/c22-16-9-10-18(23)17(12-16)19-14-25(13-15-6-2-1-3-7-15)21(24-19)20-8-4-5-11-26-20/h1-3,6-7,9-10,12,14,20H,4-5,8,11,13H2/t20-/m1/s1. The van der Waals surface area contributed by atoms with Crippen LogP contribution in [-0.2, 0) is 11.3 Å². The molecule has 1 fully saturated rings. The Morgan fingerprint density at radius 3 is 2.69 bits per heavy atom. The molecule has 0 bridgehead atoms. The molecule has 4 rings (SSSR count). The van der Waals surface area contributed by atoms with Crippen LogP contribution in [0.3, 0.4) is 0 Å². The summed E-state index contributed by atoms with van der Waals surface area (Å²) < 4.78 is 35.7. The lowest BCUT2D eigenvalue weighted by molar-refractivity contribution is 0.00761. The molecule has 1 saturated heterocycles. The van der Waals surface area contributed by atoms with Crippen LogP contribution in [0.1, 0.15) is 36.8 Å². The van der Waals surface area contributed by atoms with Crippen molar-refractivity contribution in [3.8, 4) is 11.3 Å². The molecule has 1 aliphatic rings. The van der Waals surface area contributed by atoms with E-state index in [9.17, 15) is 8.78 Å². The van der Waals surface area contributed by atoms with Gasteiger partial charge in [-0.25, -0.2) is 13.8 Å². The van der Waals surface area contributed by atoms with Crippen LogP contribution in [0.15, 0.2) is 54.7 Å². The van der Waals surface area contributed by atoms with E-state index in [1.54, 1.807) is 6.20 Å². The zero-order chi connectivity index (χ0) is 17.9. The molecule has 3 nitrogen and oxygen atoms in total. The third kappa shape index (κ3) is 3.53. The molecule has 0 saturated carbocycles. The molecular weight excluding hydrogens is 334 g/mol. The molecular formula is C21H20F2N2O. The summed E-state index contributed by atoms with van der Waals surface area (Å²) in [6, 6.07) is 13.4. The van der Waals surface area contributed by atoms with Gasteiger partial charge < -0.3 is 9.30 Å². The minimum absolute atomic E-state index is 0.113. The molecule has 0 N–H and O–H groups in total. The second-order valence-corrected chi connectivity index (χ2v) is 6.58. The van der Waals surface area contributed by atoms with Crippen LogP contribution < -0.4 is 0 Å². The van der Waals surface area contributed by atoms with Gasteiger partial charge >= 0.3 is 0 Å². The van der Waals surface area contributed by atoms with Crippen LogP contribution in [0.4, 0.5) is 8.78 Å². The number of imidazole rings is 1. The van der Waals surface area contributed by atoms with E-state index in [0.29, 0.717) is 18.8 Å². The molecule has 0 amide bonds. The predicted molar refractivity (Wildman–Crippen MR) is 95.7 cm³/mol. The van der Waals surface area contributed by atoms with E-state index in [1.165, 1.54) is 6.07 Å². The summed E-state index contributed by atoms with van der Waals surface area (Å²) in [5.41, 5.74) is 1.73. The average Bonchev–Trinajstić information content (AvgIpc) is 3.09. The molecule has 3 aromatic rings. The number of aromatic nitrogens is 2. The Morgan fingerprint density at radius 1 is 1.08 bits per heavy atom. The molecule has 134 valence electrons. The van der Waals surface area contributed by atoms with E-state index in [4.69, 9.17) is 4.74 Å². The van der Waals surface area contributed by atoms with Gasteiger partial charge in [-0.3, -0.25) is 0 Å². The van der Waals surface area contributed by atoms with Gasteiger partial charge in [0.25, 0.3) is 0 Å². The fourth-order valence-electron chi connectivity index (χ4n) is 3.36. The maximum Gasteiger partial charge on any atom is 0.139 e. The van der Waals surface area contributed by atoms with Crippen LogP contribution in [0.5, 0.6) is 0 Å². The first-order chi connectivity index (χ1) is 12.7. The summed E-state index contributed by atoms with van der Waals surface area (Å²) >= 11 is 0. The first-order valence-electron chi connectivity index (χ1n) is 8.89. The number of nitrogens with zero attached hydrogens (tertiary/aromatic N) is 2. The minimum Gasteiger partial charge on any atom is -0.370 e. The minimum atomic E-state index is -0.480. The van der Waals surface area contributed by atoms with Gasteiger partial charge in [0.2, 0.25) is 0 Å². The molecule has 1 aliphatic heterocycles. The maximum atomic E-state index is 14.2. The third-order valence-electron chi connectivity index (χ3n) is 4.68. The Labute approximate surface area is 151 Å². The maximum absolute atomic E-state index is 14.2. The molecule has 0 radical (unpaired) electrons. The highest BCUT2D eigenvalue weighted by molar-refractivity contribution is 5.59. The fraction of sp³-hybridized carbons (Fsp3) is 0.286. The number of hydrogen-bond donors (Lipinski definition) is 0. The molecule has 0 unspecified atom stereocenters. The van der Waals surface area contributed by atoms with E-state index in [2.05, 4.69) is 4.98 Å². The number of hydrogen-bond acceptors (Lipinski definition) is 2. The van der Waals surface area contributed by atoms with Crippen molar-refractivity contribution in [2.24, 2.45) is 0 Å². The van der Waals surface area contributed by atoms with E-state index in [1.807, 2.05) is 34.9 Å². The van der Waals surface area contributed by atoms with E-state index in [-0.39, 0.29) is 11.7 Å². The molecule has 0 aliphatic carbocycles. The molecule has 1 aromatic heterocycles. The lowest BCUT2D eigenvalue weighted by atomic mass is 10.1. The Kier molecular flexibility index (Phi) is 4.80. The summed E-state index contributed by atoms with van der Waals surface area (Å²) in [6.07, 6.45) is 4.68. The van der Waals surface area contributed by atoms with Crippen LogP contribution in [0, 0.1) is 11.6 Å². The van der Waals surface area contributed by atoms with E-state index < -0.39 is 11.6 Å². The zero-order valence-corrected chi connectivity index (χ0v) is 14.4. The normalized spacial score (nSPS) is 17.4. The number of rotatable bonds is 4. The van der Waals surface area contributed by atoms with Gasteiger partial charge in [-0.2, -0.15) is 0 Å². The van der Waals surface area contributed by atoms with Crippen molar-refractivity contribution in [3.63, 3.8) is 0 Å². The van der Waals surface area contributed by atoms with Crippen LogP contribution in [0.25, 0.3) is 11.3 Å². The Morgan fingerprint density at radius 2 is 1.92 bits per heavy atom. The molecule has 2 heterocycles. The SMILES string of the molecule is Fc1ccc(F)c(-c2cn(Cc3ccccc3)c([C@H]3CCCCO3)n2)c1. The van der Waals surface area contributed by atoms with Gasteiger partial charge in [-0.15, -0.1) is 0 Å². The van der Waals surface area contributed by atoms with E-state index in [0.717, 1.165) is 42.8 Å². The van der Waals surface area contributed by atoms with Gasteiger partial charge in [-0.1, -0.05) is 30.3 Å². The summed E-state index contributed by atoms with van der Waals surface area (Å²) in [5.74, 6) is -0.187. The van der Waals surface area contributed by atoms with Crippen molar-refractivity contribution < 1.29 is 13.5 Å². The second-order valence-electron chi connectivity index (χ2n) is 6.58. The fourth-order valence-corrected chi connectivity index (χ4v) is 3.36. The first kappa shape index (κ1) is 16.9. The summed E-state index contributed by atoms with van der Waals surface area (Å²) in [7, 11) is 0. The first-order valence-corrected chi connectivity index (χ1v) is 8.89. The topological polar surface area (TPSA) is 27.1 Å². The third-order valence-corrected chi connectivity index (χ3v) is 4.68. The second kappa shape index (κ2) is 7.38. The highest BCUT2D eigenvalue weighted by atomic mass is 19.1. The van der Waals surface area contributed by atoms with Crippen molar-refractivity contribution in [1.29, 1.82) is 0 Å². The molecule has 5 heteroatoms. The lowest BCUT2D eigenvalue weighted by Gasteiger charge is -2.23. The highest BCUT2D eigenvalue weighted by Crippen LogP contribution is 2.31. The van der Waals surface area contributed by atoms with Crippen LogP contribution in [-0.4, -0.2) is 16.2 Å². The van der Waals surface area contributed by atoms with Crippen molar-refractivity contribution in [2.75, 3.05) is 6.61 Å². The van der Waals surface area contributed by atoms with E-state index >= 15 is 0 Å². The highest BCUT2D eigenvalue weighted by Gasteiger charge is 2.23. The van der Waals surface area contributed by atoms with Crippen molar-refractivity contribution in [2.45, 2.75) is 31.9 Å². The van der Waals surface area contributed by atoms with Gasteiger partial charge in [-0.05, 0) is 43.0 Å². The van der Waals surface area contributed by atoms with Gasteiger partial charge in [0.1, 0.15) is 23.6 Å². The number of ether oxygens (including phenoxy) is 1. The zero-order valence-electron chi connectivity index (χ0n) is 14.4. The molecule has 0 spiro atoms. The summed E-state index contributed by atoms with van der Waals surface area (Å²) in [6.45, 7) is 1.31. The van der Waals surface area contributed by atoms with Crippen molar-refractivity contribution >= 4 is 0 Å². The predicted octanol–water partition coefficient (Wildman–Crippen LogP) is 5.12. The van der Waals surface area contributed by atoms with Gasteiger partial charge in [0.05, 0.1) is 5.69 Å². The Balaban J connectivity index is 1.75. The van der Waals surface area contributed by atoms with Crippen LogP contribution in [0.2, 0.25) is 0 Å². The summed E-state index contributed by atoms with van der Waals surface area (Å²) in [5, 5.41) is 0. The number of halogens is 2. The monoisotopic (exact) mass is 354 g/mol. The smallest absolute Gasteiger partial charge is 0.139 e. The largest absolute Gasteiger partial charge is 0.370 e. The Hall–Kier alpha value is -2.53. The number of benzene rings is 2. The van der Waals surface area contributed by atoms with Gasteiger partial charge in [0.15, 0.2) is 0 Å². The van der Waals surface area contributed by atoms with Crippen molar-refractivity contribution in [3.05, 3.63) is 77.8 Å². The Bertz CT molecular complexity index is 886. The van der Waals surface area contributed by atoms with Crippen LogP contribution >= 0.6 is 0 Å². The average molecular weight is 354 g/mol.